The van der Waals surface area contributed by atoms with Crippen LogP contribution >= 0.6 is 0 Å². The minimum Gasteiger partial charge on any atom is -1.00 e. The van der Waals surface area contributed by atoms with Gasteiger partial charge in [-0.3, -0.25) is 4.79 Å². The van der Waals surface area contributed by atoms with E-state index in [0.717, 1.165) is 13.8 Å². The van der Waals surface area contributed by atoms with Gasteiger partial charge in [0.05, 0.1) is 0 Å². The predicted octanol–water partition coefficient (Wildman–Crippen LogP) is -10.1. The Morgan fingerprint density at radius 3 is 1.18 bits per heavy atom. The molecule has 0 saturated carbocycles. The number of carboxylic acid groups (broad SMARTS) is 2. The summed E-state index contributed by atoms with van der Waals surface area (Å²) in [5.74, 6) is -1.92. The van der Waals surface area contributed by atoms with Gasteiger partial charge in [-0.25, -0.2) is 0 Å². The first-order valence-corrected chi connectivity index (χ1v) is 1.84. The molecule has 0 aromatic heterocycles. The molecule has 7 heteroatoms. The first-order chi connectivity index (χ1) is 3.46. The Hall–Kier alpha value is 2.69. The summed E-state index contributed by atoms with van der Waals surface area (Å²) in [5.41, 5.74) is 0. The molecular weight excluding hydrogens is 270 g/mol. The molecule has 0 heterocycles. The molecule has 11 heavy (non-hydrogen) atoms. The Morgan fingerprint density at radius 2 is 1.18 bits per heavy atom. The summed E-state index contributed by atoms with van der Waals surface area (Å²) in [6.45, 7) is 2.06. The Kier molecular flexibility index (Phi) is 60.9. The Morgan fingerprint density at radius 1 is 1.18 bits per heavy atom. The van der Waals surface area contributed by atoms with Crippen molar-refractivity contribution in [3.8, 4) is 0 Å². The third-order valence-corrected chi connectivity index (χ3v) is 0. The molecule has 0 fully saturated rings. The smallest absolute Gasteiger partial charge is 1.00 e. The normalized spacial score (nSPS) is 4.55. The number of carbonyl (C=O) groups excluding carboxylic acids is 1. The third kappa shape index (κ3) is 200. The fraction of sp³-hybridized carbons (Fsp3) is 0.500. The molecule has 0 spiro atoms. The van der Waals surface area contributed by atoms with Crippen LogP contribution in [-0.4, -0.2) is 17.0 Å². The van der Waals surface area contributed by atoms with Gasteiger partial charge >= 0.3 is 103 Å². The van der Waals surface area contributed by atoms with Gasteiger partial charge in [-0.05, 0) is 6.92 Å². The summed E-state index contributed by atoms with van der Waals surface area (Å²) >= 11 is 0. The van der Waals surface area contributed by atoms with Crippen LogP contribution < -0.4 is 125 Å². The number of halogens is 1. The average Bonchev–Trinajstić information content (AvgIpc) is 1.25. The predicted molar refractivity (Wildman–Crippen MR) is 24.0 cm³/mol. The zero-order valence-corrected chi connectivity index (χ0v) is 14.9. The molecule has 0 bridgehead atoms. The second-order valence-corrected chi connectivity index (χ2v) is 1.01. The van der Waals surface area contributed by atoms with Crippen molar-refractivity contribution in [1.29, 1.82) is 0 Å². The van der Waals surface area contributed by atoms with Crippen molar-refractivity contribution in [1.82, 2.24) is 0 Å². The van der Waals surface area contributed by atoms with Crippen molar-refractivity contribution in [2.24, 2.45) is 0 Å². The Bertz CT molecular complexity index is 78.1. The maximum Gasteiger partial charge on any atom is 1.00 e. The van der Waals surface area contributed by atoms with Crippen LogP contribution in [0.2, 0.25) is 0 Å². The van der Waals surface area contributed by atoms with Crippen molar-refractivity contribution < 1.29 is 140 Å². The van der Waals surface area contributed by atoms with Crippen LogP contribution in [0.4, 0.5) is 0 Å². The topological polar surface area (TPSA) is 77.4 Å². The molecule has 0 radical (unpaired) electrons. The Labute approximate surface area is 161 Å². The number of hydrogen-bond acceptors (Lipinski definition) is 3. The minimum atomic E-state index is -1.08. The van der Waals surface area contributed by atoms with Crippen LogP contribution in [0.5, 0.6) is 0 Å². The molecule has 0 aliphatic rings. The second-order valence-electron chi connectivity index (χ2n) is 1.01. The fourth-order valence-electron chi connectivity index (χ4n) is 0. The minimum absolute atomic E-state index is 0. The maximum atomic E-state index is 9.00. The van der Waals surface area contributed by atoms with Gasteiger partial charge in [-0.15, -0.1) is 0 Å². The molecule has 0 aliphatic heterocycles. The van der Waals surface area contributed by atoms with Gasteiger partial charge in [0.1, 0.15) is 0 Å². The standard InChI is InChI=1S/2C2H4O2.BrH.2K/c2*1-2(3)4;;;/h2*1H3,(H,3,4);1H;;/q;;;2*+1/p-2. The zero-order chi connectivity index (χ0) is 7.15. The fourth-order valence-corrected chi connectivity index (χ4v) is 0. The van der Waals surface area contributed by atoms with Gasteiger partial charge < -0.3 is 32.0 Å². The maximum absolute atomic E-state index is 9.00. The molecule has 1 N–H and O–H groups in total. The van der Waals surface area contributed by atoms with Crippen LogP contribution in [0.3, 0.4) is 0 Å². The molecule has 0 rings (SSSR count). The van der Waals surface area contributed by atoms with Crippen LogP contribution in [0.1, 0.15) is 13.8 Å². The molecular formula is C4H7BrK2O4. The summed E-state index contributed by atoms with van der Waals surface area (Å²) in [5, 5.41) is 16.3. The molecule has 0 atom stereocenters. The second kappa shape index (κ2) is 23.0. The number of aliphatic carboxylic acids is 2. The van der Waals surface area contributed by atoms with Crippen molar-refractivity contribution in [3.63, 3.8) is 0 Å². The van der Waals surface area contributed by atoms with E-state index in [4.69, 9.17) is 19.8 Å². The molecule has 56 valence electrons. The Balaban J connectivity index is -0.0000000171. The summed E-state index contributed by atoms with van der Waals surface area (Å²) < 4.78 is 0. The van der Waals surface area contributed by atoms with E-state index in [9.17, 15) is 0 Å². The molecule has 0 unspecified atom stereocenters. The number of hydrogen-bond donors (Lipinski definition) is 1. The van der Waals surface area contributed by atoms with Crippen LogP contribution in [0.25, 0.3) is 0 Å². The van der Waals surface area contributed by atoms with Gasteiger partial charge in [0, 0.05) is 12.9 Å². The number of carboxylic acids is 2. The zero-order valence-electron chi connectivity index (χ0n) is 7.05. The molecule has 0 saturated heterocycles. The molecule has 4 nitrogen and oxygen atoms in total. The van der Waals surface area contributed by atoms with E-state index in [1.54, 1.807) is 0 Å². The molecule has 0 aliphatic carbocycles. The van der Waals surface area contributed by atoms with Crippen LogP contribution in [-0.2, 0) is 9.59 Å². The van der Waals surface area contributed by atoms with Gasteiger partial charge in [0.15, 0.2) is 0 Å². The summed E-state index contributed by atoms with van der Waals surface area (Å²) in [6, 6.07) is 0. The van der Waals surface area contributed by atoms with E-state index >= 15 is 0 Å². The largest absolute Gasteiger partial charge is 1.00 e. The SMILES string of the molecule is CC(=O)O.CC(=O)[O-].[Br-].[K+].[K+]. The van der Waals surface area contributed by atoms with Gasteiger partial charge in [-0.1, -0.05) is 0 Å². The molecule has 0 aromatic carbocycles. The van der Waals surface area contributed by atoms with E-state index in [2.05, 4.69) is 0 Å². The first kappa shape index (κ1) is 29.2. The van der Waals surface area contributed by atoms with Crippen molar-refractivity contribution in [2.75, 3.05) is 0 Å². The van der Waals surface area contributed by atoms with E-state index in [0.29, 0.717) is 0 Å². The first-order valence-electron chi connectivity index (χ1n) is 1.84. The summed E-state index contributed by atoms with van der Waals surface area (Å²) in [4.78, 5) is 17.9. The summed E-state index contributed by atoms with van der Waals surface area (Å²) in [7, 11) is 0. The average molecular weight is 277 g/mol. The monoisotopic (exact) mass is 276 g/mol. The van der Waals surface area contributed by atoms with E-state index in [-0.39, 0.29) is 120 Å². The van der Waals surface area contributed by atoms with Gasteiger partial charge in [0.25, 0.3) is 5.97 Å². The van der Waals surface area contributed by atoms with Crippen molar-refractivity contribution in [2.45, 2.75) is 13.8 Å². The summed E-state index contributed by atoms with van der Waals surface area (Å²) in [6.07, 6.45) is 0. The van der Waals surface area contributed by atoms with Gasteiger partial charge in [-0.2, -0.15) is 0 Å². The van der Waals surface area contributed by atoms with E-state index < -0.39 is 11.9 Å². The van der Waals surface area contributed by atoms with Gasteiger partial charge in [0.2, 0.25) is 0 Å². The van der Waals surface area contributed by atoms with E-state index in [1.807, 2.05) is 0 Å². The van der Waals surface area contributed by atoms with Crippen molar-refractivity contribution in [3.05, 3.63) is 0 Å². The molecule has 0 amide bonds. The third-order valence-electron chi connectivity index (χ3n) is 0. The number of carbonyl (C=O) groups is 2. The van der Waals surface area contributed by atoms with Crippen LogP contribution in [0, 0.1) is 0 Å². The number of rotatable bonds is 0. The van der Waals surface area contributed by atoms with Crippen LogP contribution in [0.15, 0.2) is 0 Å². The molecule has 0 aromatic rings. The quantitative estimate of drug-likeness (QED) is 0.446. The van der Waals surface area contributed by atoms with E-state index in [1.165, 1.54) is 0 Å². The van der Waals surface area contributed by atoms with Crippen molar-refractivity contribution >= 4 is 11.9 Å².